The maximum atomic E-state index is 12.9. The second-order valence-electron chi connectivity index (χ2n) is 5.44. The standard InChI is InChI=1S/C16H21N3O3S.ClH/c1-11(10-17)19(3)23(21,22)16-9-8-15(18-12(2)20)13-6-4-5-7-14(13)16;/h4-9,11H,10,17H2,1-3H3,(H,18,20);1H. The highest BCUT2D eigenvalue weighted by molar-refractivity contribution is 7.89. The highest BCUT2D eigenvalue weighted by atomic mass is 35.5. The molecule has 0 fully saturated rings. The highest BCUT2D eigenvalue weighted by Crippen LogP contribution is 2.31. The molecule has 0 heterocycles. The van der Waals surface area contributed by atoms with E-state index in [1.807, 2.05) is 0 Å². The lowest BCUT2D eigenvalue weighted by molar-refractivity contribution is -0.114. The van der Waals surface area contributed by atoms with Crippen LogP contribution in [0.5, 0.6) is 0 Å². The lowest BCUT2D eigenvalue weighted by Gasteiger charge is -2.24. The molecule has 0 aliphatic heterocycles. The minimum Gasteiger partial charge on any atom is -0.329 e. The van der Waals surface area contributed by atoms with Crippen LogP contribution in [0.25, 0.3) is 10.8 Å². The summed E-state index contributed by atoms with van der Waals surface area (Å²) in [5.74, 6) is -0.209. The molecule has 1 unspecified atom stereocenters. The maximum absolute atomic E-state index is 12.9. The zero-order valence-corrected chi connectivity index (χ0v) is 15.4. The lowest BCUT2D eigenvalue weighted by atomic mass is 10.1. The first-order valence-electron chi connectivity index (χ1n) is 7.26. The van der Waals surface area contributed by atoms with Gasteiger partial charge in [0, 0.05) is 43.0 Å². The third-order valence-electron chi connectivity index (χ3n) is 3.81. The van der Waals surface area contributed by atoms with Gasteiger partial charge in [0.1, 0.15) is 0 Å². The smallest absolute Gasteiger partial charge is 0.243 e. The van der Waals surface area contributed by atoms with Gasteiger partial charge in [-0.3, -0.25) is 4.79 Å². The zero-order chi connectivity index (χ0) is 17.2. The van der Waals surface area contributed by atoms with Gasteiger partial charge in [-0.25, -0.2) is 8.42 Å². The number of rotatable bonds is 5. The number of benzene rings is 2. The number of nitrogens with two attached hydrogens (primary N) is 1. The summed E-state index contributed by atoms with van der Waals surface area (Å²) in [5, 5.41) is 3.97. The van der Waals surface area contributed by atoms with E-state index in [4.69, 9.17) is 5.73 Å². The van der Waals surface area contributed by atoms with Crippen molar-refractivity contribution in [2.24, 2.45) is 5.73 Å². The van der Waals surface area contributed by atoms with Crippen LogP contribution in [-0.2, 0) is 14.8 Å². The van der Waals surface area contributed by atoms with E-state index in [2.05, 4.69) is 5.32 Å². The Kier molecular flexibility index (Phi) is 6.74. The van der Waals surface area contributed by atoms with Crippen molar-refractivity contribution in [1.29, 1.82) is 0 Å². The Labute approximate surface area is 148 Å². The number of nitrogens with one attached hydrogen (secondary N) is 1. The molecule has 6 nitrogen and oxygen atoms in total. The number of hydrogen-bond acceptors (Lipinski definition) is 4. The van der Waals surface area contributed by atoms with E-state index in [1.54, 1.807) is 37.3 Å². The summed E-state index contributed by atoms with van der Waals surface area (Å²) < 4.78 is 27.0. The van der Waals surface area contributed by atoms with Crippen LogP contribution in [0.15, 0.2) is 41.3 Å². The van der Waals surface area contributed by atoms with Gasteiger partial charge < -0.3 is 11.1 Å². The molecule has 8 heteroatoms. The zero-order valence-electron chi connectivity index (χ0n) is 13.8. The Morgan fingerprint density at radius 1 is 1.21 bits per heavy atom. The van der Waals surface area contributed by atoms with Crippen molar-refractivity contribution in [3.05, 3.63) is 36.4 Å². The summed E-state index contributed by atoms with van der Waals surface area (Å²) in [6.07, 6.45) is 0. The fourth-order valence-electron chi connectivity index (χ4n) is 2.34. The number of carbonyl (C=O) groups is 1. The summed E-state index contributed by atoms with van der Waals surface area (Å²) in [6.45, 7) is 3.40. The Balaban J connectivity index is 0.00000288. The van der Waals surface area contributed by atoms with Gasteiger partial charge in [0.15, 0.2) is 0 Å². The molecule has 3 N–H and O–H groups in total. The number of halogens is 1. The van der Waals surface area contributed by atoms with E-state index in [0.29, 0.717) is 16.5 Å². The number of hydrogen-bond donors (Lipinski definition) is 2. The van der Waals surface area contributed by atoms with Crippen molar-refractivity contribution in [3.8, 4) is 0 Å². The normalized spacial score (nSPS) is 12.7. The second kappa shape index (κ2) is 7.94. The van der Waals surface area contributed by atoms with Gasteiger partial charge >= 0.3 is 0 Å². The summed E-state index contributed by atoms with van der Waals surface area (Å²) in [5.41, 5.74) is 6.17. The molecule has 0 radical (unpaired) electrons. The number of nitrogens with zero attached hydrogens (tertiary/aromatic N) is 1. The number of sulfonamides is 1. The van der Waals surface area contributed by atoms with E-state index in [1.165, 1.54) is 24.3 Å². The van der Waals surface area contributed by atoms with E-state index in [0.717, 1.165) is 0 Å². The van der Waals surface area contributed by atoms with E-state index in [-0.39, 0.29) is 35.8 Å². The quantitative estimate of drug-likeness (QED) is 0.842. The molecule has 0 spiro atoms. The second-order valence-corrected chi connectivity index (χ2v) is 7.41. The predicted molar refractivity (Wildman–Crippen MR) is 99.0 cm³/mol. The van der Waals surface area contributed by atoms with Crippen LogP contribution in [0.2, 0.25) is 0 Å². The molecule has 2 aromatic rings. The van der Waals surface area contributed by atoms with Crippen molar-refractivity contribution in [3.63, 3.8) is 0 Å². The van der Waals surface area contributed by atoms with Gasteiger partial charge in [-0.2, -0.15) is 4.31 Å². The molecule has 0 saturated carbocycles. The molecular formula is C16H22ClN3O3S. The van der Waals surface area contributed by atoms with E-state index >= 15 is 0 Å². The minimum absolute atomic E-state index is 0. The number of fused-ring (bicyclic) bond motifs is 1. The minimum atomic E-state index is -3.68. The number of likely N-dealkylation sites (N-methyl/N-ethyl adjacent to an activating group) is 1. The predicted octanol–water partition coefficient (Wildman–Crippen LogP) is 2.19. The molecule has 2 rings (SSSR count). The third kappa shape index (κ3) is 3.87. The molecule has 132 valence electrons. The van der Waals surface area contributed by atoms with Gasteiger partial charge in [0.05, 0.1) is 4.90 Å². The molecule has 2 aromatic carbocycles. The number of carbonyl (C=O) groups excluding carboxylic acids is 1. The summed E-state index contributed by atoms with van der Waals surface area (Å²) in [6, 6.07) is 9.90. The van der Waals surface area contributed by atoms with Crippen molar-refractivity contribution >= 4 is 44.8 Å². The van der Waals surface area contributed by atoms with Crippen LogP contribution in [0, 0.1) is 0 Å². The van der Waals surface area contributed by atoms with Crippen molar-refractivity contribution in [1.82, 2.24) is 4.31 Å². The number of amides is 1. The summed E-state index contributed by atoms with van der Waals surface area (Å²) >= 11 is 0. The summed E-state index contributed by atoms with van der Waals surface area (Å²) in [4.78, 5) is 11.5. The molecular weight excluding hydrogens is 350 g/mol. The average Bonchev–Trinajstić information content (AvgIpc) is 2.53. The first-order valence-corrected chi connectivity index (χ1v) is 8.70. The SMILES string of the molecule is CC(=O)Nc1ccc(S(=O)(=O)N(C)C(C)CN)c2ccccc12.Cl. The Morgan fingerprint density at radius 2 is 1.79 bits per heavy atom. The number of anilines is 1. The molecule has 24 heavy (non-hydrogen) atoms. The molecule has 0 aliphatic carbocycles. The van der Waals surface area contributed by atoms with Crippen molar-refractivity contribution < 1.29 is 13.2 Å². The molecule has 1 atom stereocenters. The topological polar surface area (TPSA) is 92.5 Å². The van der Waals surface area contributed by atoms with Gasteiger partial charge in [0.2, 0.25) is 15.9 Å². The van der Waals surface area contributed by atoms with Crippen LogP contribution >= 0.6 is 12.4 Å². The van der Waals surface area contributed by atoms with Crippen molar-refractivity contribution in [2.75, 3.05) is 18.9 Å². The van der Waals surface area contributed by atoms with Gasteiger partial charge in [-0.15, -0.1) is 12.4 Å². The maximum Gasteiger partial charge on any atom is 0.243 e. The van der Waals surface area contributed by atoms with Crippen LogP contribution in [0.4, 0.5) is 5.69 Å². The Bertz CT molecular complexity index is 840. The van der Waals surface area contributed by atoms with Gasteiger partial charge in [0.25, 0.3) is 0 Å². The first-order chi connectivity index (χ1) is 10.8. The summed E-state index contributed by atoms with van der Waals surface area (Å²) in [7, 11) is -2.16. The van der Waals surface area contributed by atoms with Gasteiger partial charge in [-0.05, 0) is 19.1 Å². The monoisotopic (exact) mass is 371 g/mol. The Hall–Kier alpha value is -1.67. The largest absolute Gasteiger partial charge is 0.329 e. The van der Waals surface area contributed by atoms with E-state index in [9.17, 15) is 13.2 Å². The average molecular weight is 372 g/mol. The lowest BCUT2D eigenvalue weighted by Crippen LogP contribution is -2.39. The third-order valence-corrected chi connectivity index (χ3v) is 5.84. The van der Waals surface area contributed by atoms with Crippen LogP contribution in [-0.4, -0.2) is 38.3 Å². The fourth-order valence-corrected chi connectivity index (χ4v) is 3.90. The highest BCUT2D eigenvalue weighted by Gasteiger charge is 2.26. The van der Waals surface area contributed by atoms with Crippen LogP contribution < -0.4 is 11.1 Å². The van der Waals surface area contributed by atoms with Gasteiger partial charge in [-0.1, -0.05) is 24.3 Å². The molecule has 0 saturated heterocycles. The molecule has 1 amide bonds. The fraction of sp³-hybridized carbons (Fsp3) is 0.312. The van der Waals surface area contributed by atoms with Crippen LogP contribution in [0.1, 0.15) is 13.8 Å². The van der Waals surface area contributed by atoms with E-state index < -0.39 is 10.0 Å². The first kappa shape index (κ1) is 20.4. The molecule has 0 aromatic heterocycles. The van der Waals surface area contributed by atoms with Crippen molar-refractivity contribution in [2.45, 2.75) is 24.8 Å². The molecule has 0 bridgehead atoms. The Morgan fingerprint density at radius 3 is 2.33 bits per heavy atom. The van der Waals surface area contributed by atoms with Crippen LogP contribution in [0.3, 0.4) is 0 Å². The molecule has 0 aliphatic rings.